The molecule has 0 amide bonds. The van der Waals surface area contributed by atoms with Crippen molar-refractivity contribution in [1.82, 2.24) is 14.3 Å². The van der Waals surface area contributed by atoms with E-state index in [1.54, 1.807) is 20.2 Å². The molecule has 1 aliphatic heterocycles. The molecule has 1 aromatic heterocycles. The Labute approximate surface area is 125 Å². The average Bonchev–Trinajstić information content (AvgIpc) is 2.54. The lowest BCUT2D eigenvalue weighted by Crippen LogP contribution is -2.46. The third-order valence-corrected chi connectivity index (χ3v) is 5.77. The highest BCUT2D eigenvalue weighted by atomic mass is 32.2. The molecule has 0 saturated carbocycles. The van der Waals surface area contributed by atoms with Crippen molar-refractivity contribution in [2.75, 3.05) is 30.8 Å². The van der Waals surface area contributed by atoms with E-state index in [1.807, 2.05) is 11.0 Å². The maximum absolute atomic E-state index is 11.9. The highest BCUT2D eigenvalue weighted by Gasteiger charge is 2.29. The van der Waals surface area contributed by atoms with Crippen LogP contribution >= 0.6 is 0 Å². The van der Waals surface area contributed by atoms with Gasteiger partial charge in [-0.05, 0) is 19.8 Å². The predicted octanol–water partition coefficient (Wildman–Crippen LogP) is 0.599. The van der Waals surface area contributed by atoms with Gasteiger partial charge in [-0.1, -0.05) is 0 Å². The fourth-order valence-electron chi connectivity index (χ4n) is 2.51. The van der Waals surface area contributed by atoms with Gasteiger partial charge in [0.2, 0.25) is 10.0 Å². The lowest BCUT2D eigenvalue weighted by atomic mass is 10.1. The highest BCUT2D eigenvalue weighted by Crippen LogP contribution is 2.23. The molecule has 8 heteroatoms. The number of sulfonamides is 1. The van der Waals surface area contributed by atoms with E-state index in [-0.39, 0.29) is 11.8 Å². The normalized spacial score (nSPS) is 17.0. The van der Waals surface area contributed by atoms with E-state index in [0.29, 0.717) is 24.6 Å². The predicted molar refractivity (Wildman–Crippen MR) is 79.2 cm³/mol. The Hall–Kier alpha value is -1.72. The molecule has 7 nitrogen and oxygen atoms in total. The van der Waals surface area contributed by atoms with Gasteiger partial charge in [-0.2, -0.15) is 5.26 Å². The van der Waals surface area contributed by atoms with Crippen LogP contribution in [0.1, 0.15) is 25.5 Å². The zero-order chi connectivity index (χ0) is 15.5. The zero-order valence-electron chi connectivity index (χ0n) is 12.2. The van der Waals surface area contributed by atoms with Gasteiger partial charge in [0.15, 0.2) is 11.5 Å². The molecule has 2 heterocycles. The van der Waals surface area contributed by atoms with Crippen LogP contribution in [0.25, 0.3) is 0 Å². The van der Waals surface area contributed by atoms with E-state index in [1.165, 1.54) is 10.5 Å². The van der Waals surface area contributed by atoms with Crippen molar-refractivity contribution < 1.29 is 8.42 Å². The molecule has 114 valence electrons. The van der Waals surface area contributed by atoms with Crippen molar-refractivity contribution in [1.29, 1.82) is 5.26 Å². The Morgan fingerprint density at radius 1 is 1.38 bits per heavy atom. The minimum absolute atomic E-state index is 0.00778. The summed E-state index contributed by atoms with van der Waals surface area (Å²) in [4.78, 5) is 10.2. The number of anilines is 1. The summed E-state index contributed by atoms with van der Waals surface area (Å²) in [5, 5.41) is 9.06. The largest absolute Gasteiger partial charge is 0.354 e. The lowest BCUT2D eigenvalue weighted by molar-refractivity contribution is 0.312. The van der Waals surface area contributed by atoms with E-state index in [2.05, 4.69) is 9.97 Å². The van der Waals surface area contributed by atoms with Gasteiger partial charge in [0.1, 0.15) is 6.07 Å². The van der Waals surface area contributed by atoms with Gasteiger partial charge < -0.3 is 4.90 Å². The maximum Gasteiger partial charge on any atom is 0.213 e. The number of rotatable bonds is 4. The molecule has 1 saturated heterocycles. The summed E-state index contributed by atoms with van der Waals surface area (Å²) in [6, 6.07) is 2.05. The summed E-state index contributed by atoms with van der Waals surface area (Å²) in [7, 11) is -1.52. The van der Waals surface area contributed by atoms with Crippen LogP contribution in [0.2, 0.25) is 0 Å². The fraction of sp³-hybridized carbons (Fsp3) is 0.615. The molecule has 1 aromatic rings. The van der Waals surface area contributed by atoms with E-state index in [0.717, 1.165) is 12.8 Å². The minimum atomic E-state index is -3.16. The molecule has 0 aliphatic carbocycles. The van der Waals surface area contributed by atoms with E-state index in [4.69, 9.17) is 5.26 Å². The van der Waals surface area contributed by atoms with Crippen LogP contribution < -0.4 is 4.90 Å². The van der Waals surface area contributed by atoms with Crippen molar-refractivity contribution in [2.24, 2.45) is 0 Å². The second-order valence-electron chi connectivity index (χ2n) is 4.98. The van der Waals surface area contributed by atoms with Crippen LogP contribution in [0.3, 0.4) is 0 Å². The number of nitrogens with zero attached hydrogens (tertiary/aromatic N) is 5. The second kappa shape index (κ2) is 6.37. The maximum atomic E-state index is 11.9. The first-order chi connectivity index (χ1) is 9.99. The Morgan fingerprint density at radius 3 is 2.57 bits per heavy atom. The van der Waals surface area contributed by atoms with Crippen molar-refractivity contribution in [3.63, 3.8) is 0 Å². The summed E-state index contributed by atoms with van der Waals surface area (Å²) in [6.07, 6.45) is 4.50. The van der Waals surface area contributed by atoms with Gasteiger partial charge in [-0.25, -0.2) is 22.7 Å². The molecule has 21 heavy (non-hydrogen) atoms. The SMILES string of the molecule is CCS(=O)(=O)N(C)C1CCN(c2nccnc2C#N)CC1. The molecule has 0 spiro atoms. The fourth-order valence-corrected chi connectivity index (χ4v) is 3.59. The third-order valence-electron chi connectivity index (χ3n) is 3.87. The molecule has 1 fully saturated rings. The first-order valence-corrected chi connectivity index (χ1v) is 8.52. The van der Waals surface area contributed by atoms with Gasteiger partial charge in [0, 0.05) is 38.6 Å². The van der Waals surface area contributed by atoms with Crippen LogP contribution in [0.5, 0.6) is 0 Å². The summed E-state index contributed by atoms with van der Waals surface area (Å²) in [6.45, 7) is 2.99. The second-order valence-corrected chi connectivity index (χ2v) is 7.29. The number of aromatic nitrogens is 2. The molecule has 2 rings (SSSR count). The van der Waals surface area contributed by atoms with E-state index < -0.39 is 10.0 Å². The summed E-state index contributed by atoms with van der Waals surface area (Å²) in [5.74, 6) is 0.700. The smallest absolute Gasteiger partial charge is 0.213 e. The molecule has 0 unspecified atom stereocenters. The first-order valence-electron chi connectivity index (χ1n) is 6.91. The van der Waals surface area contributed by atoms with Crippen molar-refractivity contribution in [3.8, 4) is 6.07 Å². The molecular weight excluding hydrogens is 290 g/mol. The zero-order valence-corrected chi connectivity index (χ0v) is 13.0. The van der Waals surface area contributed by atoms with Gasteiger partial charge in [0.25, 0.3) is 0 Å². The van der Waals surface area contributed by atoms with Gasteiger partial charge in [-0.3, -0.25) is 0 Å². The number of piperidine rings is 1. The Morgan fingerprint density at radius 2 is 2.00 bits per heavy atom. The summed E-state index contributed by atoms with van der Waals surface area (Å²) >= 11 is 0. The van der Waals surface area contributed by atoms with Crippen LogP contribution in [0, 0.1) is 11.3 Å². The summed E-state index contributed by atoms with van der Waals surface area (Å²) in [5.41, 5.74) is 0.311. The Bertz CT molecular complexity index is 632. The Kier molecular flexibility index (Phi) is 4.75. The minimum Gasteiger partial charge on any atom is -0.354 e. The van der Waals surface area contributed by atoms with Crippen molar-refractivity contribution in [3.05, 3.63) is 18.1 Å². The van der Waals surface area contributed by atoms with Gasteiger partial charge in [0.05, 0.1) is 5.75 Å². The lowest BCUT2D eigenvalue weighted by Gasteiger charge is -2.36. The van der Waals surface area contributed by atoms with Crippen LogP contribution in [0.4, 0.5) is 5.82 Å². The molecule has 1 aliphatic rings. The third kappa shape index (κ3) is 3.31. The molecular formula is C13H19N5O2S. The number of nitriles is 1. The summed E-state index contributed by atoms with van der Waals surface area (Å²) < 4.78 is 25.3. The van der Waals surface area contributed by atoms with Gasteiger partial charge >= 0.3 is 0 Å². The Balaban J connectivity index is 2.06. The van der Waals surface area contributed by atoms with E-state index >= 15 is 0 Å². The first kappa shape index (κ1) is 15.7. The van der Waals surface area contributed by atoms with Gasteiger partial charge in [-0.15, -0.1) is 0 Å². The monoisotopic (exact) mass is 309 g/mol. The quantitative estimate of drug-likeness (QED) is 0.809. The van der Waals surface area contributed by atoms with Crippen LogP contribution in [-0.2, 0) is 10.0 Å². The number of hydrogen-bond donors (Lipinski definition) is 0. The van der Waals surface area contributed by atoms with Crippen molar-refractivity contribution in [2.45, 2.75) is 25.8 Å². The molecule has 0 aromatic carbocycles. The highest BCUT2D eigenvalue weighted by molar-refractivity contribution is 7.89. The molecule has 0 atom stereocenters. The average molecular weight is 309 g/mol. The van der Waals surface area contributed by atoms with E-state index in [9.17, 15) is 8.42 Å². The van der Waals surface area contributed by atoms with Crippen LogP contribution in [0.15, 0.2) is 12.4 Å². The molecule has 0 bridgehead atoms. The van der Waals surface area contributed by atoms with Crippen LogP contribution in [-0.4, -0.2) is 54.6 Å². The standard InChI is InChI=1S/C13H19N5O2S/c1-3-21(19,20)17(2)11-4-8-18(9-5-11)13-12(10-14)15-6-7-16-13/h6-7,11H,3-5,8-9H2,1-2H3. The number of hydrogen-bond acceptors (Lipinski definition) is 6. The topological polar surface area (TPSA) is 90.2 Å². The van der Waals surface area contributed by atoms with Crippen molar-refractivity contribution >= 4 is 15.8 Å². The molecule has 0 radical (unpaired) electrons. The molecule has 0 N–H and O–H groups in total.